The number of rotatable bonds is 10. The van der Waals surface area contributed by atoms with Gasteiger partial charge >= 0.3 is 7.82 Å². The third kappa shape index (κ3) is 6.73. The highest BCUT2D eigenvalue weighted by Gasteiger charge is 2.59. The van der Waals surface area contributed by atoms with Crippen LogP contribution in [0.5, 0.6) is 0 Å². The molecule has 0 radical (unpaired) electrons. The van der Waals surface area contributed by atoms with Crippen LogP contribution in [0.3, 0.4) is 0 Å². The molecule has 0 amide bonds. The van der Waals surface area contributed by atoms with Crippen LogP contribution < -0.4 is 0 Å². The molecule has 3 saturated carbocycles. The van der Waals surface area contributed by atoms with Crippen LogP contribution in [0.1, 0.15) is 105 Å². The molecule has 2 unspecified atom stereocenters. The van der Waals surface area contributed by atoms with Crippen LogP contribution in [0.25, 0.3) is 0 Å². The van der Waals surface area contributed by atoms with E-state index in [0.29, 0.717) is 30.1 Å². The molecule has 0 aromatic heterocycles. The van der Waals surface area contributed by atoms with Crippen molar-refractivity contribution in [3.8, 4) is 0 Å². The molecule has 1 aliphatic heterocycles. The first kappa shape index (κ1) is 34.0. The summed E-state index contributed by atoms with van der Waals surface area (Å²) in [4.78, 5) is 10.5. The van der Waals surface area contributed by atoms with Crippen molar-refractivity contribution in [3.63, 3.8) is 0 Å². The molecule has 4 aliphatic carbocycles. The van der Waals surface area contributed by atoms with Crippen molar-refractivity contribution in [2.45, 2.75) is 142 Å². The topological polar surface area (TPSA) is 146 Å². The van der Waals surface area contributed by atoms with Gasteiger partial charge in [-0.15, -0.1) is 0 Å². The molecular formula is C33H57O9P. The number of allylic oxidation sites excluding steroid dienone is 1. The lowest BCUT2D eigenvalue weighted by Crippen LogP contribution is -2.58. The summed E-state index contributed by atoms with van der Waals surface area (Å²) >= 11 is 0. The van der Waals surface area contributed by atoms with Crippen molar-refractivity contribution < 1.29 is 43.7 Å². The molecule has 5 rings (SSSR count). The van der Waals surface area contributed by atoms with Gasteiger partial charge in [0.1, 0.15) is 24.4 Å². The SMILES string of the molecule is CC(C)CCC[C@@H](C)[C@H]1CC[C@H]2[C@@H]3CC=C4C[C@@H](OP(=O)(O)OC[C@H]5OC(O)[C@@H](O)[C@@H](O)[C@@H]5O)CC[C@]4(C)[C@H]3CC[C@]12C. The van der Waals surface area contributed by atoms with Crippen molar-refractivity contribution in [2.24, 2.45) is 46.3 Å². The number of fused-ring (bicyclic) bond motifs is 5. The van der Waals surface area contributed by atoms with E-state index < -0.39 is 51.2 Å². The molecule has 0 aromatic rings. The van der Waals surface area contributed by atoms with E-state index in [2.05, 4.69) is 40.7 Å². The molecule has 5 aliphatic rings. The summed E-state index contributed by atoms with van der Waals surface area (Å²) in [7, 11) is -4.51. The lowest BCUT2D eigenvalue weighted by atomic mass is 9.47. The van der Waals surface area contributed by atoms with Crippen LogP contribution in [0, 0.1) is 46.3 Å². The third-order valence-corrected chi connectivity index (χ3v) is 13.7. The average Bonchev–Trinajstić information content (AvgIpc) is 3.30. The molecule has 14 atom stereocenters. The lowest BCUT2D eigenvalue weighted by molar-refractivity contribution is -0.285. The Balaban J connectivity index is 1.18. The zero-order valence-electron chi connectivity index (χ0n) is 26.8. The van der Waals surface area contributed by atoms with Crippen molar-refractivity contribution in [1.29, 1.82) is 0 Å². The first-order valence-electron chi connectivity index (χ1n) is 16.9. The van der Waals surface area contributed by atoms with E-state index in [-0.39, 0.29) is 5.41 Å². The van der Waals surface area contributed by atoms with Gasteiger partial charge < -0.3 is 30.1 Å². The van der Waals surface area contributed by atoms with E-state index in [1.807, 2.05) is 0 Å². The highest BCUT2D eigenvalue weighted by molar-refractivity contribution is 7.47. The van der Waals surface area contributed by atoms with Gasteiger partial charge in [-0.05, 0) is 97.7 Å². The second-order valence-electron chi connectivity index (χ2n) is 15.6. The van der Waals surface area contributed by atoms with Gasteiger partial charge in [-0.2, -0.15) is 0 Å². The number of hydrogen-bond donors (Lipinski definition) is 5. The van der Waals surface area contributed by atoms with Gasteiger partial charge in [0.2, 0.25) is 0 Å². The first-order valence-corrected chi connectivity index (χ1v) is 18.4. The van der Waals surface area contributed by atoms with Gasteiger partial charge in [-0.25, -0.2) is 4.57 Å². The normalized spacial score (nSPS) is 46.8. The molecule has 4 fully saturated rings. The summed E-state index contributed by atoms with van der Waals surface area (Å²) in [5.41, 5.74) is 1.86. The highest BCUT2D eigenvalue weighted by Crippen LogP contribution is 2.67. The Hall–Kier alpha value is -0.350. The fourth-order valence-electron chi connectivity index (χ4n) is 10.2. The zero-order chi connectivity index (χ0) is 31.3. The molecular weight excluding hydrogens is 571 g/mol. The van der Waals surface area contributed by atoms with Crippen LogP contribution in [0.15, 0.2) is 11.6 Å². The van der Waals surface area contributed by atoms with E-state index in [9.17, 15) is 29.9 Å². The van der Waals surface area contributed by atoms with Crippen LogP contribution in [-0.2, 0) is 18.3 Å². The minimum absolute atomic E-state index is 0.0819. The fourth-order valence-corrected chi connectivity index (χ4v) is 11.1. The van der Waals surface area contributed by atoms with Crippen molar-refractivity contribution in [2.75, 3.05) is 6.61 Å². The Morgan fingerprint density at radius 1 is 0.977 bits per heavy atom. The van der Waals surface area contributed by atoms with E-state index in [4.69, 9.17) is 13.8 Å². The number of hydrogen-bond acceptors (Lipinski definition) is 8. The van der Waals surface area contributed by atoms with Crippen LogP contribution in [0.2, 0.25) is 0 Å². The molecule has 5 N–H and O–H groups in total. The summed E-state index contributed by atoms with van der Waals surface area (Å²) in [6.07, 6.45) is 6.52. The van der Waals surface area contributed by atoms with Gasteiger partial charge in [0.05, 0.1) is 12.7 Å². The second kappa shape index (κ2) is 13.0. The molecule has 0 bridgehead atoms. The Morgan fingerprint density at radius 2 is 1.72 bits per heavy atom. The summed E-state index contributed by atoms with van der Waals surface area (Å²) < 4.78 is 28.7. The van der Waals surface area contributed by atoms with E-state index in [1.54, 1.807) is 0 Å². The van der Waals surface area contributed by atoms with E-state index in [0.717, 1.165) is 36.5 Å². The highest BCUT2D eigenvalue weighted by atomic mass is 31.2. The smallest absolute Gasteiger partial charge is 0.387 e. The minimum Gasteiger partial charge on any atom is -0.387 e. The predicted molar refractivity (Wildman–Crippen MR) is 163 cm³/mol. The first-order chi connectivity index (χ1) is 20.2. The minimum atomic E-state index is -4.51. The molecule has 1 heterocycles. The van der Waals surface area contributed by atoms with E-state index in [1.165, 1.54) is 50.5 Å². The zero-order valence-corrected chi connectivity index (χ0v) is 27.7. The molecule has 0 aromatic carbocycles. The third-order valence-electron chi connectivity index (χ3n) is 12.6. The number of aliphatic hydroxyl groups excluding tert-OH is 4. The summed E-state index contributed by atoms with van der Waals surface area (Å²) in [5.74, 6) is 4.50. The summed E-state index contributed by atoms with van der Waals surface area (Å²) in [6.45, 7) is 11.6. The van der Waals surface area contributed by atoms with Crippen LogP contribution >= 0.6 is 7.82 Å². The molecule has 43 heavy (non-hydrogen) atoms. The quantitative estimate of drug-likeness (QED) is 0.160. The Morgan fingerprint density at radius 3 is 2.44 bits per heavy atom. The average molecular weight is 629 g/mol. The largest absolute Gasteiger partial charge is 0.472 e. The van der Waals surface area contributed by atoms with Gasteiger partial charge in [0.15, 0.2) is 6.29 Å². The number of phosphoric ester groups is 1. The number of ether oxygens (including phenoxy) is 1. The molecule has 10 heteroatoms. The Bertz CT molecular complexity index is 1050. The lowest BCUT2D eigenvalue weighted by Gasteiger charge is -2.58. The summed E-state index contributed by atoms with van der Waals surface area (Å²) in [5, 5.41) is 39.4. The predicted octanol–water partition coefficient (Wildman–Crippen LogP) is 5.33. The molecule has 9 nitrogen and oxygen atoms in total. The Kier molecular flexibility index (Phi) is 10.3. The second-order valence-corrected chi connectivity index (χ2v) is 17.0. The van der Waals surface area contributed by atoms with Crippen LogP contribution in [-0.4, -0.2) is 68.7 Å². The van der Waals surface area contributed by atoms with Crippen molar-refractivity contribution >= 4 is 7.82 Å². The molecule has 1 saturated heterocycles. The number of phosphoric acid groups is 1. The van der Waals surface area contributed by atoms with Gasteiger partial charge in [-0.1, -0.05) is 65.5 Å². The fraction of sp³-hybridized carbons (Fsp3) is 0.939. The maximum absolute atomic E-state index is 12.9. The molecule has 0 spiro atoms. The monoisotopic (exact) mass is 628 g/mol. The Labute approximate surface area is 258 Å². The van der Waals surface area contributed by atoms with Crippen molar-refractivity contribution in [3.05, 3.63) is 11.6 Å². The molecule has 248 valence electrons. The van der Waals surface area contributed by atoms with Gasteiger partial charge in [0, 0.05) is 0 Å². The van der Waals surface area contributed by atoms with Gasteiger partial charge in [-0.3, -0.25) is 9.05 Å². The van der Waals surface area contributed by atoms with E-state index >= 15 is 0 Å². The van der Waals surface area contributed by atoms with Gasteiger partial charge in [0.25, 0.3) is 0 Å². The van der Waals surface area contributed by atoms with Crippen LogP contribution in [0.4, 0.5) is 0 Å². The maximum atomic E-state index is 12.9. The van der Waals surface area contributed by atoms with Crippen molar-refractivity contribution in [1.82, 2.24) is 0 Å². The maximum Gasteiger partial charge on any atom is 0.472 e. The number of aliphatic hydroxyl groups is 4. The standard InChI is InChI=1S/C33H57O9P/c1-19(2)7-6-8-20(3)24-11-12-25-23-10-9-21-17-22(13-15-32(21,4)26(23)14-16-33(24,25)5)42-43(38,39)40-18-27-28(34)29(35)30(36)31(37)41-27/h9,19-20,22-31,34-37H,6-8,10-18H2,1-5H3,(H,38,39)/t20-,22+,23+,24-,25+,26+,27-,28-,29+,30+,31?,32+,33-/m1/s1. The summed E-state index contributed by atoms with van der Waals surface area (Å²) in [6, 6.07) is 0.